The minimum Gasteiger partial charge on any atom is -0.364 e. The Bertz CT molecular complexity index is 263. The molecule has 0 fully saturated rings. The molecule has 0 saturated carbocycles. The van der Waals surface area contributed by atoms with E-state index in [1.807, 2.05) is 0 Å². The molecule has 0 spiro atoms. The van der Waals surface area contributed by atoms with E-state index in [1.54, 1.807) is 38.3 Å². The van der Waals surface area contributed by atoms with E-state index in [9.17, 15) is 0 Å². The second-order valence-electron chi connectivity index (χ2n) is 2.54. The largest absolute Gasteiger partial charge is 0.364 e. The molecule has 0 aromatic rings. The molecular weight excluding hydrogens is 276 g/mol. The molecule has 0 radical (unpaired) electrons. The lowest BCUT2D eigenvalue weighted by Gasteiger charge is -1.99. The highest BCUT2D eigenvalue weighted by atomic mass is 32.2. The maximum Gasteiger partial charge on any atom is 0.186 e. The van der Waals surface area contributed by atoms with E-state index in [4.69, 9.17) is 24.4 Å². The van der Waals surface area contributed by atoms with E-state index in [2.05, 4.69) is 31.7 Å². The van der Waals surface area contributed by atoms with E-state index in [1.165, 1.54) is 0 Å². The van der Waals surface area contributed by atoms with Crippen molar-refractivity contribution in [3.8, 4) is 0 Å². The Morgan fingerprint density at radius 3 is 1.76 bits per heavy atom. The predicted molar refractivity (Wildman–Crippen MR) is 83.9 cm³/mol. The normalized spacial score (nSPS) is 10.5. The average molecular weight is 292 g/mol. The topological polar surface area (TPSA) is 72.8 Å². The minimum atomic E-state index is 0.498. The molecule has 96 valence electrons. The van der Waals surface area contributed by atoms with Crippen LogP contribution in [-0.2, 0) is 0 Å². The number of hydrogen-bond acceptors (Lipinski definition) is 5. The van der Waals surface area contributed by atoms with Crippen molar-refractivity contribution in [3.05, 3.63) is 0 Å². The summed E-state index contributed by atoms with van der Waals surface area (Å²) in [4.78, 5) is 0. The van der Waals surface area contributed by atoms with E-state index >= 15 is 0 Å². The van der Waals surface area contributed by atoms with E-state index in [0.717, 1.165) is 11.5 Å². The van der Waals surface area contributed by atoms with Crippen molar-refractivity contribution in [2.75, 3.05) is 25.6 Å². The third-order valence-electron chi connectivity index (χ3n) is 1.35. The van der Waals surface area contributed by atoms with Crippen molar-refractivity contribution < 1.29 is 0 Å². The molecule has 17 heavy (non-hydrogen) atoms. The van der Waals surface area contributed by atoms with Gasteiger partial charge in [-0.1, -0.05) is 0 Å². The fourth-order valence-electron chi connectivity index (χ4n) is 0.568. The molecule has 9 heteroatoms. The average Bonchev–Trinajstić information content (AvgIpc) is 2.35. The Morgan fingerprint density at radius 1 is 1.00 bits per heavy atom. The van der Waals surface area contributed by atoms with Crippen molar-refractivity contribution in [2.24, 2.45) is 10.2 Å². The summed E-state index contributed by atoms with van der Waals surface area (Å²) < 4.78 is 0. The van der Waals surface area contributed by atoms with Crippen LogP contribution in [0.1, 0.15) is 0 Å². The SMILES string of the molecule is CNC(=S)N/N=C\CSC/C=N\NC(=S)NC. The summed E-state index contributed by atoms with van der Waals surface area (Å²) in [6.07, 6.45) is 3.49. The van der Waals surface area contributed by atoms with Crippen molar-refractivity contribution in [1.82, 2.24) is 21.5 Å². The van der Waals surface area contributed by atoms with Crippen LogP contribution in [0.25, 0.3) is 0 Å². The molecule has 0 aromatic heterocycles. The maximum atomic E-state index is 4.84. The highest BCUT2D eigenvalue weighted by Gasteiger charge is 1.86. The summed E-state index contributed by atoms with van der Waals surface area (Å²) in [5, 5.41) is 14.3. The standard InChI is InChI=1S/C8H16N6S3/c1-9-7(15)13-11-3-5-17-6-4-12-14-8(16)10-2/h3-4H,5-6H2,1-2H3,(H2,9,13,15)(H2,10,14,16)/b11-3-,12-4-. The second kappa shape index (κ2) is 11.6. The molecule has 0 saturated heterocycles. The summed E-state index contributed by atoms with van der Waals surface area (Å²) >= 11 is 11.3. The van der Waals surface area contributed by atoms with E-state index in [0.29, 0.717) is 10.2 Å². The predicted octanol–water partition coefficient (Wildman–Crippen LogP) is -0.121. The maximum absolute atomic E-state index is 4.84. The number of thioether (sulfide) groups is 1. The van der Waals surface area contributed by atoms with Crippen LogP contribution in [0.5, 0.6) is 0 Å². The summed E-state index contributed by atoms with van der Waals surface area (Å²) in [6.45, 7) is 0. The van der Waals surface area contributed by atoms with Gasteiger partial charge in [0.15, 0.2) is 10.2 Å². The van der Waals surface area contributed by atoms with Crippen molar-refractivity contribution in [2.45, 2.75) is 0 Å². The van der Waals surface area contributed by atoms with Gasteiger partial charge in [-0.25, -0.2) is 0 Å². The molecule has 0 aliphatic carbocycles. The number of thiocarbonyl (C=S) groups is 2. The van der Waals surface area contributed by atoms with Crippen molar-refractivity contribution >= 4 is 58.9 Å². The molecule has 0 amide bonds. The molecule has 0 aliphatic heterocycles. The number of hydrogen-bond donors (Lipinski definition) is 4. The van der Waals surface area contributed by atoms with Crippen LogP contribution in [0.4, 0.5) is 0 Å². The number of nitrogens with one attached hydrogen (secondary N) is 4. The van der Waals surface area contributed by atoms with E-state index < -0.39 is 0 Å². The van der Waals surface area contributed by atoms with Crippen LogP contribution in [0.3, 0.4) is 0 Å². The van der Waals surface area contributed by atoms with Crippen molar-refractivity contribution in [3.63, 3.8) is 0 Å². The third-order valence-corrected chi connectivity index (χ3v) is 2.71. The lowest BCUT2D eigenvalue weighted by Crippen LogP contribution is -2.28. The molecule has 4 N–H and O–H groups in total. The zero-order valence-electron chi connectivity index (χ0n) is 9.69. The van der Waals surface area contributed by atoms with Gasteiger partial charge in [0.25, 0.3) is 0 Å². The Kier molecular flexibility index (Phi) is 10.9. The van der Waals surface area contributed by atoms with Crippen molar-refractivity contribution in [1.29, 1.82) is 0 Å². The molecule has 6 nitrogen and oxygen atoms in total. The van der Waals surface area contributed by atoms with Gasteiger partial charge < -0.3 is 10.6 Å². The third kappa shape index (κ3) is 11.3. The molecular formula is C8H16N6S3. The zero-order valence-corrected chi connectivity index (χ0v) is 12.1. The zero-order chi connectivity index (χ0) is 12.9. The van der Waals surface area contributed by atoms with Crippen LogP contribution >= 0.6 is 36.2 Å². The molecule has 0 unspecified atom stereocenters. The van der Waals surface area contributed by atoms with Crippen LogP contribution in [0, 0.1) is 0 Å². The van der Waals surface area contributed by atoms with Gasteiger partial charge in [-0.3, -0.25) is 10.9 Å². The molecule has 0 bridgehead atoms. The van der Waals surface area contributed by atoms with Gasteiger partial charge in [-0.15, -0.1) is 0 Å². The number of rotatable bonds is 6. The quantitative estimate of drug-likeness (QED) is 0.235. The molecule has 0 aromatic carbocycles. The van der Waals surface area contributed by atoms with Crippen LogP contribution < -0.4 is 21.5 Å². The smallest absolute Gasteiger partial charge is 0.186 e. The second-order valence-corrected chi connectivity index (χ2v) is 4.43. The number of nitrogens with zero attached hydrogens (tertiary/aromatic N) is 2. The summed E-state index contributed by atoms with van der Waals surface area (Å²) in [5.74, 6) is 1.56. The van der Waals surface area contributed by atoms with Gasteiger partial charge in [0.2, 0.25) is 0 Å². The molecule has 0 aliphatic rings. The van der Waals surface area contributed by atoms with E-state index in [-0.39, 0.29) is 0 Å². The fourth-order valence-corrected chi connectivity index (χ4v) is 1.17. The first-order valence-corrected chi connectivity index (χ1v) is 6.74. The fraction of sp³-hybridized carbons (Fsp3) is 0.500. The number of hydrazone groups is 2. The van der Waals surface area contributed by atoms with Crippen LogP contribution in [0.15, 0.2) is 10.2 Å². The summed E-state index contributed by atoms with van der Waals surface area (Å²) in [7, 11) is 3.47. The first-order valence-electron chi connectivity index (χ1n) is 4.77. The first kappa shape index (κ1) is 16.1. The Morgan fingerprint density at radius 2 is 1.41 bits per heavy atom. The van der Waals surface area contributed by atoms with Crippen LogP contribution in [-0.4, -0.2) is 48.3 Å². The Hall–Kier alpha value is -0.930. The van der Waals surface area contributed by atoms with Gasteiger partial charge in [0.1, 0.15) is 0 Å². The van der Waals surface area contributed by atoms with Gasteiger partial charge in [-0.05, 0) is 24.4 Å². The Balaban J connectivity index is 3.40. The molecule has 0 rings (SSSR count). The van der Waals surface area contributed by atoms with Gasteiger partial charge in [0, 0.05) is 38.0 Å². The lowest BCUT2D eigenvalue weighted by molar-refractivity contribution is 0.980. The first-order chi connectivity index (χ1) is 8.20. The monoisotopic (exact) mass is 292 g/mol. The highest BCUT2D eigenvalue weighted by molar-refractivity contribution is 8.00. The van der Waals surface area contributed by atoms with Crippen LogP contribution in [0.2, 0.25) is 0 Å². The summed E-state index contributed by atoms with van der Waals surface area (Å²) in [5.41, 5.74) is 5.32. The summed E-state index contributed by atoms with van der Waals surface area (Å²) in [6, 6.07) is 0. The highest BCUT2D eigenvalue weighted by Crippen LogP contribution is 1.93. The lowest BCUT2D eigenvalue weighted by atomic mass is 10.9. The minimum absolute atomic E-state index is 0.498. The molecule has 0 heterocycles. The molecule has 0 atom stereocenters. The Labute approximate surface area is 116 Å². The van der Waals surface area contributed by atoms with Gasteiger partial charge in [-0.2, -0.15) is 22.0 Å². The van der Waals surface area contributed by atoms with Gasteiger partial charge >= 0.3 is 0 Å². The van der Waals surface area contributed by atoms with Gasteiger partial charge in [0.05, 0.1) is 0 Å².